The normalized spacial score (nSPS) is 12.0. The number of methoxy groups -OCH3 is 1. The SMILES string of the molecule is CCNC(=O)[C@H](C)N(Cc1cccc(OC)c1)C(=O)CN(c1ccccc1C)S(C)(=O)=O. The Bertz CT molecular complexity index is 1060. The molecule has 174 valence electrons. The highest BCUT2D eigenvalue weighted by Crippen LogP contribution is 2.23. The molecule has 8 nitrogen and oxygen atoms in total. The number of carbonyl (C=O) groups excluding carboxylic acids is 2. The van der Waals surface area contributed by atoms with Gasteiger partial charge in [0.1, 0.15) is 18.3 Å². The summed E-state index contributed by atoms with van der Waals surface area (Å²) in [6.07, 6.45) is 1.06. The molecule has 0 heterocycles. The van der Waals surface area contributed by atoms with Crippen LogP contribution >= 0.6 is 0 Å². The topological polar surface area (TPSA) is 96.0 Å². The lowest BCUT2D eigenvalue weighted by molar-refractivity contribution is -0.139. The first-order valence-electron chi connectivity index (χ1n) is 10.3. The molecule has 0 aliphatic carbocycles. The molecule has 1 N–H and O–H groups in total. The number of carbonyl (C=O) groups is 2. The Hall–Kier alpha value is -3.07. The summed E-state index contributed by atoms with van der Waals surface area (Å²) in [5.74, 6) is -0.177. The molecule has 0 saturated carbocycles. The number of para-hydroxylation sites is 1. The smallest absolute Gasteiger partial charge is 0.244 e. The van der Waals surface area contributed by atoms with Crippen molar-refractivity contribution >= 4 is 27.5 Å². The summed E-state index contributed by atoms with van der Waals surface area (Å²) >= 11 is 0. The molecule has 0 bridgehead atoms. The molecule has 2 aromatic carbocycles. The van der Waals surface area contributed by atoms with Gasteiger partial charge in [-0.25, -0.2) is 8.42 Å². The molecule has 2 amide bonds. The van der Waals surface area contributed by atoms with Gasteiger partial charge in [0.05, 0.1) is 19.1 Å². The summed E-state index contributed by atoms with van der Waals surface area (Å²) in [6.45, 7) is 5.33. The summed E-state index contributed by atoms with van der Waals surface area (Å²) in [4.78, 5) is 27.3. The predicted octanol–water partition coefficient (Wildman–Crippen LogP) is 2.32. The van der Waals surface area contributed by atoms with E-state index in [-0.39, 0.29) is 12.5 Å². The van der Waals surface area contributed by atoms with Crippen molar-refractivity contribution in [3.8, 4) is 5.75 Å². The fourth-order valence-corrected chi connectivity index (χ4v) is 4.22. The Morgan fingerprint density at radius 1 is 1.12 bits per heavy atom. The van der Waals surface area contributed by atoms with E-state index in [9.17, 15) is 18.0 Å². The third-order valence-corrected chi connectivity index (χ3v) is 6.20. The second-order valence-corrected chi connectivity index (χ2v) is 9.41. The Morgan fingerprint density at radius 2 is 1.81 bits per heavy atom. The van der Waals surface area contributed by atoms with Crippen LogP contribution in [0.4, 0.5) is 5.69 Å². The first-order chi connectivity index (χ1) is 15.1. The maximum atomic E-state index is 13.4. The number of hydrogen-bond donors (Lipinski definition) is 1. The van der Waals surface area contributed by atoms with Gasteiger partial charge < -0.3 is 15.0 Å². The number of ether oxygens (including phenoxy) is 1. The third-order valence-electron chi connectivity index (χ3n) is 5.07. The maximum absolute atomic E-state index is 13.4. The van der Waals surface area contributed by atoms with Crippen LogP contribution in [0.3, 0.4) is 0 Å². The molecule has 0 radical (unpaired) electrons. The van der Waals surface area contributed by atoms with E-state index >= 15 is 0 Å². The second kappa shape index (κ2) is 11.0. The molecule has 2 aromatic rings. The van der Waals surface area contributed by atoms with Gasteiger partial charge in [-0.1, -0.05) is 30.3 Å². The first kappa shape index (κ1) is 25.2. The van der Waals surface area contributed by atoms with Crippen molar-refractivity contribution in [3.63, 3.8) is 0 Å². The van der Waals surface area contributed by atoms with Crippen LogP contribution in [0, 0.1) is 6.92 Å². The van der Waals surface area contributed by atoms with Gasteiger partial charge in [0.15, 0.2) is 0 Å². The van der Waals surface area contributed by atoms with Gasteiger partial charge in [-0.2, -0.15) is 0 Å². The van der Waals surface area contributed by atoms with Crippen LogP contribution in [0.1, 0.15) is 25.0 Å². The summed E-state index contributed by atoms with van der Waals surface area (Å²) in [6, 6.07) is 13.3. The van der Waals surface area contributed by atoms with Crippen molar-refractivity contribution in [2.45, 2.75) is 33.4 Å². The monoisotopic (exact) mass is 461 g/mol. The quantitative estimate of drug-likeness (QED) is 0.586. The number of sulfonamides is 1. The largest absolute Gasteiger partial charge is 0.497 e. The van der Waals surface area contributed by atoms with Crippen molar-refractivity contribution in [3.05, 3.63) is 59.7 Å². The van der Waals surface area contributed by atoms with Crippen molar-refractivity contribution in [2.75, 3.05) is 30.8 Å². The predicted molar refractivity (Wildman–Crippen MR) is 125 cm³/mol. The molecule has 0 spiro atoms. The molecule has 2 rings (SSSR count). The molecule has 0 saturated heterocycles. The molecule has 1 atom stereocenters. The van der Waals surface area contributed by atoms with Crippen LogP contribution in [-0.4, -0.2) is 57.6 Å². The van der Waals surface area contributed by atoms with Crippen LogP contribution in [-0.2, 0) is 26.2 Å². The molecule has 0 aliphatic rings. The standard InChI is InChI=1S/C23H31N3O5S/c1-6-24-23(28)18(3)25(15-19-11-9-12-20(14-19)31-4)22(27)16-26(32(5,29)30)21-13-8-7-10-17(21)2/h7-14,18H,6,15-16H2,1-5H3,(H,24,28)/t18-/m0/s1. The minimum atomic E-state index is -3.74. The second-order valence-electron chi connectivity index (χ2n) is 7.50. The number of nitrogens with zero attached hydrogens (tertiary/aromatic N) is 2. The number of benzene rings is 2. The van der Waals surface area contributed by atoms with Gasteiger partial charge in [-0.05, 0) is 50.1 Å². The van der Waals surface area contributed by atoms with Gasteiger partial charge in [0, 0.05) is 13.1 Å². The van der Waals surface area contributed by atoms with Crippen molar-refractivity contribution in [1.82, 2.24) is 10.2 Å². The molecular weight excluding hydrogens is 430 g/mol. The number of anilines is 1. The van der Waals surface area contributed by atoms with Crippen LogP contribution in [0.15, 0.2) is 48.5 Å². The molecule has 0 aromatic heterocycles. The zero-order chi connectivity index (χ0) is 23.9. The summed E-state index contributed by atoms with van der Waals surface area (Å²) in [7, 11) is -2.20. The van der Waals surface area contributed by atoms with E-state index in [0.29, 0.717) is 18.0 Å². The van der Waals surface area contributed by atoms with Gasteiger partial charge in [-0.15, -0.1) is 0 Å². The number of hydrogen-bond acceptors (Lipinski definition) is 5. The van der Waals surface area contributed by atoms with Crippen LogP contribution < -0.4 is 14.4 Å². The minimum Gasteiger partial charge on any atom is -0.497 e. The zero-order valence-corrected chi connectivity index (χ0v) is 20.0. The van der Waals surface area contributed by atoms with E-state index in [0.717, 1.165) is 21.7 Å². The molecular formula is C23H31N3O5S. The third kappa shape index (κ3) is 6.46. The first-order valence-corrected chi connectivity index (χ1v) is 12.2. The van der Waals surface area contributed by atoms with E-state index in [1.54, 1.807) is 70.3 Å². The van der Waals surface area contributed by atoms with Gasteiger partial charge in [0.2, 0.25) is 21.8 Å². The Balaban J connectivity index is 2.40. The van der Waals surface area contributed by atoms with E-state index in [1.165, 1.54) is 4.90 Å². The lowest BCUT2D eigenvalue weighted by atomic mass is 10.1. The van der Waals surface area contributed by atoms with Crippen LogP contribution in [0.2, 0.25) is 0 Å². The van der Waals surface area contributed by atoms with Crippen LogP contribution in [0.5, 0.6) is 5.75 Å². The fourth-order valence-electron chi connectivity index (χ4n) is 3.31. The lowest BCUT2D eigenvalue weighted by Crippen LogP contribution is -2.51. The summed E-state index contributed by atoms with van der Waals surface area (Å²) in [5.41, 5.74) is 1.91. The Kier molecular flexibility index (Phi) is 8.65. The summed E-state index contributed by atoms with van der Waals surface area (Å²) in [5, 5.41) is 2.72. The van der Waals surface area contributed by atoms with E-state index in [4.69, 9.17) is 4.74 Å². The Morgan fingerprint density at radius 3 is 2.41 bits per heavy atom. The molecule has 32 heavy (non-hydrogen) atoms. The van der Waals surface area contributed by atoms with E-state index in [2.05, 4.69) is 5.32 Å². The highest BCUT2D eigenvalue weighted by molar-refractivity contribution is 7.92. The number of rotatable bonds is 10. The van der Waals surface area contributed by atoms with Crippen molar-refractivity contribution in [2.24, 2.45) is 0 Å². The zero-order valence-electron chi connectivity index (χ0n) is 19.2. The van der Waals surface area contributed by atoms with Gasteiger partial charge in [0.25, 0.3) is 0 Å². The van der Waals surface area contributed by atoms with E-state index < -0.39 is 28.5 Å². The van der Waals surface area contributed by atoms with Crippen molar-refractivity contribution < 1.29 is 22.7 Å². The molecule has 0 unspecified atom stereocenters. The average Bonchev–Trinajstić information content (AvgIpc) is 2.75. The fraction of sp³-hybridized carbons (Fsp3) is 0.391. The van der Waals surface area contributed by atoms with E-state index in [1.807, 2.05) is 6.07 Å². The summed E-state index contributed by atoms with van der Waals surface area (Å²) < 4.78 is 31.4. The van der Waals surface area contributed by atoms with Crippen LogP contribution in [0.25, 0.3) is 0 Å². The molecule has 0 fully saturated rings. The molecule has 0 aliphatic heterocycles. The maximum Gasteiger partial charge on any atom is 0.244 e. The number of likely N-dealkylation sites (N-methyl/N-ethyl adjacent to an activating group) is 1. The van der Waals surface area contributed by atoms with Crippen molar-refractivity contribution in [1.29, 1.82) is 0 Å². The minimum absolute atomic E-state index is 0.125. The number of nitrogens with one attached hydrogen (secondary N) is 1. The average molecular weight is 462 g/mol. The lowest BCUT2D eigenvalue weighted by Gasteiger charge is -2.31. The number of amides is 2. The highest BCUT2D eigenvalue weighted by Gasteiger charge is 2.30. The number of aryl methyl sites for hydroxylation is 1. The highest BCUT2D eigenvalue weighted by atomic mass is 32.2. The van der Waals surface area contributed by atoms with Gasteiger partial charge >= 0.3 is 0 Å². The van der Waals surface area contributed by atoms with Gasteiger partial charge in [-0.3, -0.25) is 13.9 Å². The molecule has 9 heteroatoms. The Labute approximate surface area is 190 Å².